The molecule has 1 saturated heterocycles. The minimum atomic E-state index is -3.43. The van der Waals surface area contributed by atoms with Crippen molar-refractivity contribution in [2.75, 3.05) is 30.7 Å². The van der Waals surface area contributed by atoms with E-state index in [0.29, 0.717) is 13.0 Å². The molecule has 1 heterocycles. The largest absolute Gasteiger partial charge is 0.325 e. The summed E-state index contributed by atoms with van der Waals surface area (Å²) in [7, 11) is -3.43. The summed E-state index contributed by atoms with van der Waals surface area (Å²) in [5, 5.41) is 2.66. The minimum Gasteiger partial charge on any atom is -0.325 e. The Balaban J connectivity index is 1.28. The van der Waals surface area contributed by atoms with Gasteiger partial charge in [-0.3, -0.25) is 4.79 Å². The zero-order chi connectivity index (χ0) is 20.0. The highest BCUT2D eigenvalue weighted by atomic mass is 32.2. The fourth-order valence-corrected chi connectivity index (χ4v) is 7.22. The lowest BCUT2D eigenvalue weighted by Gasteiger charge is -2.32. The highest BCUT2D eigenvalue weighted by Crippen LogP contribution is 2.38. The normalized spacial score (nSPS) is 24.3. The van der Waals surface area contributed by atoms with Crippen LogP contribution in [0.4, 0.5) is 5.69 Å². The van der Waals surface area contributed by atoms with Crippen LogP contribution in [-0.4, -0.2) is 49.9 Å². The molecule has 1 saturated carbocycles. The molecule has 1 aromatic carbocycles. The third-order valence-electron chi connectivity index (χ3n) is 7.25. The van der Waals surface area contributed by atoms with Crippen LogP contribution in [0.5, 0.6) is 0 Å². The summed E-state index contributed by atoms with van der Waals surface area (Å²) in [4.78, 5) is 15.1. The third-order valence-corrected chi connectivity index (χ3v) is 9.32. The second-order valence-electron chi connectivity index (χ2n) is 9.56. The number of hydrogen-bond acceptors (Lipinski definition) is 4. The molecule has 0 aromatic heterocycles. The van der Waals surface area contributed by atoms with Gasteiger partial charge >= 0.3 is 0 Å². The molecule has 1 atom stereocenters. The first-order valence-corrected chi connectivity index (χ1v) is 13.1. The van der Waals surface area contributed by atoms with Gasteiger partial charge in [-0.25, -0.2) is 8.42 Å². The van der Waals surface area contributed by atoms with Crippen LogP contribution < -0.4 is 5.32 Å². The van der Waals surface area contributed by atoms with E-state index in [0.717, 1.165) is 69.6 Å². The predicted molar refractivity (Wildman–Crippen MR) is 115 cm³/mol. The number of amides is 1. The Bertz CT molecular complexity index is 888. The van der Waals surface area contributed by atoms with Crippen LogP contribution in [0.25, 0.3) is 0 Å². The molecule has 1 aromatic rings. The molecule has 0 radical (unpaired) electrons. The van der Waals surface area contributed by atoms with Crippen molar-refractivity contribution in [2.45, 2.75) is 69.5 Å². The van der Waals surface area contributed by atoms with E-state index in [-0.39, 0.29) is 11.7 Å². The van der Waals surface area contributed by atoms with E-state index in [4.69, 9.17) is 0 Å². The van der Waals surface area contributed by atoms with Gasteiger partial charge < -0.3 is 10.2 Å². The first kappa shape index (κ1) is 19.6. The van der Waals surface area contributed by atoms with Gasteiger partial charge in [-0.05, 0) is 98.9 Å². The van der Waals surface area contributed by atoms with Gasteiger partial charge in [-0.2, -0.15) is 0 Å². The molecule has 1 amide bonds. The fourth-order valence-electron chi connectivity index (χ4n) is 5.58. The number of carbonyl (C=O) groups is 1. The van der Waals surface area contributed by atoms with Crippen molar-refractivity contribution in [1.29, 1.82) is 0 Å². The first-order chi connectivity index (χ1) is 14.0. The minimum absolute atomic E-state index is 0.348. The highest BCUT2D eigenvalue weighted by Gasteiger charge is 2.35. The number of nitrogens with zero attached hydrogens (tertiary/aromatic N) is 1. The van der Waals surface area contributed by atoms with Gasteiger partial charge in [0.1, 0.15) is 5.75 Å². The van der Waals surface area contributed by atoms with E-state index in [1.54, 1.807) is 0 Å². The van der Waals surface area contributed by atoms with Crippen molar-refractivity contribution < 1.29 is 13.2 Å². The zero-order valence-electron chi connectivity index (χ0n) is 17.2. The van der Waals surface area contributed by atoms with Gasteiger partial charge in [-0.15, -0.1) is 0 Å². The quantitative estimate of drug-likeness (QED) is 0.774. The van der Waals surface area contributed by atoms with Crippen molar-refractivity contribution in [2.24, 2.45) is 5.92 Å². The molecular weight excluding hydrogens is 384 g/mol. The molecule has 5 nitrogen and oxygen atoms in total. The number of nitrogens with one attached hydrogen (secondary N) is 1. The van der Waals surface area contributed by atoms with Crippen LogP contribution in [0.3, 0.4) is 0 Å². The van der Waals surface area contributed by atoms with Gasteiger partial charge in [0.2, 0.25) is 5.91 Å². The van der Waals surface area contributed by atoms with Crippen molar-refractivity contribution in [3.8, 4) is 0 Å². The lowest BCUT2D eigenvalue weighted by molar-refractivity contribution is -0.113. The number of carbonyl (C=O) groups excluding carboxylic acids is 1. The molecule has 1 unspecified atom stereocenters. The molecule has 3 aliphatic carbocycles. The predicted octanol–water partition coefficient (Wildman–Crippen LogP) is 2.89. The van der Waals surface area contributed by atoms with E-state index >= 15 is 0 Å². The molecule has 4 aliphatic rings. The molecule has 0 bridgehead atoms. The van der Waals surface area contributed by atoms with Gasteiger partial charge in [0.25, 0.3) is 0 Å². The molecular formula is C23H32N2O3S. The fraction of sp³-hybridized carbons (Fsp3) is 0.696. The lowest BCUT2D eigenvalue weighted by Crippen LogP contribution is -2.45. The molecule has 29 heavy (non-hydrogen) atoms. The summed E-state index contributed by atoms with van der Waals surface area (Å²) in [5.41, 5.74) is 6.17. The second kappa shape index (κ2) is 7.69. The van der Waals surface area contributed by atoms with Crippen LogP contribution >= 0.6 is 0 Å². The average Bonchev–Trinajstić information content (AvgIpc) is 3.16. The maximum atomic E-state index is 13.0. The smallest absolute Gasteiger partial charge is 0.239 e. The average molecular weight is 417 g/mol. The number of rotatable bonds is 6. The van der Waals surface area contributed by atoms with Crippen molar-refractivity contribution >= 4 is 21.4 Å². The van der Waals surface area contributed by atoms with Crippen LogP contribution in [0.1, 0.15) is 60.8 Å². The number of aryl methyl sites for hydroxylation is 2. The van der Waals surface area contributed by atoms with Crippen LogP contribution in [-0.2, 0) is 40.3 Å². The zero-order valence-corrected chi connectivity index (χ0v) is 18.0. The molecule has 1 N–H and O–H groups in total. The van der Waals surface area contributed by atoms with E-state index < -0.39 is 15.1 Å². The standard InChI is InChI=1S/C23H32N2O3S/c26-22(15-29(27,28)19-6-3-11-25(14-19)13-16-9-10-16)24-23-20-7-1-4-17(20)12-18-5-2-8-21(18)23/h12,16,19H,1-11,13-15H2,(H,24,26). The number of piperidine rings is 1. The first-order valence-electron chi connectivity index (χ1n) is 11.4. The highest BCUT2D eigenvalue weighted by molar-refractivity contribution is 7.92. The van der Waals surface area contributed by atoms with Gasteiger partial charge in [0.05, 0.1) is 5.25 Å². The summed E-state index contributed by atoms with van der Waals surface area (Å²) in [6.45, 7) is 2.62. The van der Waals surface area contributed by atoms with Crippen molar-refractivity contribution in [3.05, 3.63) is 28.3 Å². The van der Waals surface area contributed by atoms with Gasteiger partial charge in [0.15, 0.2) is 9.84 Å². The van der Waals surface area contributed by atoms with E-state index in [1.807, 2.05) is 0 Å². The molecule has 1 aliphatic heterocycles. The number of sulfone groups is 1. The molecule has 0 spiro atoms. The maximum absolute atomic E-state index is 13.0. The van der Waals surface area contributed by atoms with E-state index in [2.05, 4.69) is 16.3 Å². The number of fused-ring (bicyclic) bond motifs is 2. The summed E-state index contributed by atoms with van der Waals surface area (Å²) < 4.78 is 26.0. The summed E-state index contributed by atoms with van der Waals surface area (Å²) in [6.07, 6.45) is 10.5. The Kier molecular flexibility index (Phi) is 5.19. The van der Waals surface area contributed by atoms with Gasteiger partial charge in [-0.1, -0.05) is 6.07 Å². The Morgan fingerprint density at radius 3 is 2.34 bits per heavy atom. The number of anilines is 1. The summed E-state index contributed by atoms with van der Waals surface area (Å²) in [5.74, 6) is 0.0358. The molecule has 6 heteroatoms. The number of likely N-dealkylation sites (tertiary alicyclic amines) is 1. The second-order valence-corrected chi connectivity index (χ2v) is 11.8. The Labute approximate surface area is 174 Å². The van der Waals surface area contributed by atoms with Crippen LogP contribution in [0.15, 0.2) is 6.07 Å². The monoisotopic (exact) mass is 416 g/mol. The van der Waals surface area contributed by atoms with Crippen LogP contribution in [0, 0.1) is 5.92 Å². The summed E-state index contributed by atoms with van der Waals surface area (Å²) >= 11 is 0. The molecule has 2 fully saturated rings. The van der Waals surface area contributed by atoms with E-state index in [1.165, 1.54) is 35.1 Å². The van der Waals surface area contributed by atoms with E-state index in [9.17, 15) is 13.2 Å². The van der Waals surface area contributed by atoms with Gasteiger partial charge in [0, 0.05) is 18.8 Å². The Morgan fingerprint density at radius 1 is 1.00 bits per heavy atom. The van der Waals surface area contributed by atoms with Crippen molar-refractivity contribution in [3.63, 3.8) is 0 Å². The molecule has 5 rings (SSSR count). The number of hydrogen-bond donors (Lipinski definition) is 1. The lowest BCUT2D eigenvalue weighted by atomic mass is 9.98. The SMILES string of the molecule is O=C(CS(=O)(=O)C1CCCN(CC2CC2)C1)Nc1c2c(cc3c1CCC3)CCC2. The number of benzene rings is 1. The topological polar surface area (TPSA) is 66.5 Å². The Hall–Kier alpha value is -1.40. The maximum Gasteiger partial charge on any atom is 0.239 e. The molecule has 158 valence electrons. The third kappa shape index (κ3) is 4.11. The van der Waals surface area contributed by atoms with Crippen LogP contribution in [0.2, 0.25) is 0 Å². The van der Waals surface area contributed by atoms with Crippen molar-refractivity contribution in [1.82, 2.24) is 4.90 Å². The summed E-state index contributed by atoms with van der Waals surface area (Å²) in [6, 6.07) is 2.33. The Morgan fingerprint density at radius 2 is 1.69 bits per heavy atom.